The maximum atomic E-state index is 13.0. The van der Waals surface area contributed by atoms with Gasteiger partial charge in [0.25, 0.3) is 5.91 Å². The van der Waals surface area contributed by atoms with Gasteiger partial charge in [0.2, 0.25) is 6.04 Å². The van der Waals surface area contributed by atoms with Crippen LogP contribution in [-0.2, 0) is 9.59 Å². The van der Waals surface area contributed by atoms with Crippen molar-refractivity contribution >= 4 is 46.3 Å². The Kier molecular flexibility index (Phi) is 11.1. The summed E-state index contributed by atoms with van der Waals surface area (Å²) in [4.78, 5) is 25.3. The first kappa shape index (κ1) is 28.2. The molecule has 0 aliphatic carbocycles. The standard InChI is InChI=1S/C24H29Cl2N3O6/c1-6-32-18-13-12-16(22(19(18)26)34-8-3)27-24(31)20(14(5)30)29-28-17-11-10-15(25)21(33-7-2)23(17)35-9-4/h10-13,20H,6-9H2,1-5H3,(H,27,31). The minimum Gasteiger partial charge on any atom is -0.492 e. The van der Waals surface area contributed by atoms with Crippen LogP contribution >= 0.6 is 23.2 Å². The number of Topliss-reactive ketones (excluding diaryl/α,β-unsaturated/α-hetero) is 1. The summed E-state index contributed by atoms with van der Waals surface area (Å²) in [5.74, 6) is -0.00962. The van der Waals surface area contributed by atoms with Crippen molar-refractivity contribution in [3.63, 3.8) is 0 Å². The zero-order valence-electron chi connectivity index (χ0n) is 20.3. The molecule has 1 amide bonds. The summed E-state index contributed by atoms with van der Waals surface area (Å²) in [5.41, 5.74) is 0.532. The van der Waals surface area contributed by atoms with E-state index in [0.717, 1.165) is 0 Å². The summed E-state index contributed by atoms with van der Waals surface area (Å²) in [6.45, 7) is 9.82. The molecule has 0 radical (unpaired) electrons. The molecule has 0 spiro atoms. The van der Waals surface area contributed by atoms with Crippen LogP contribution in [-0.4, -0.2) is 44.2 Å². The second-order valence-electron chi connectivity index (χ2n) is 6.93. The SMILES string of the molecule is CCOc1ccc(NC(=O)C(N=Nc2ccc(Cl)c(OCC)c2OCC)C(C)=O)c(OCC)c1Cl. The van der Waals surface area contributed by atoms with Crippen molar-refractivity contribution < 1.29 is 28.5 Å². The average molecular weight is 526 g/mol. The molecule has 1 N–H and O–H groups in total. The summed E-state index contributed by atoms with van der Waals surface area (Å²) in [6, 6.07) is 4.88. The molecule has 2 aromatic carbocycles. The van der Waals surface area contributed by atoms with Crippen LogP contribution in [0.2, 0.25) is 10.0 Å². The first-order chi connectivity index (χ1) is 16.8. The van der Waals surface area contributed by atoms with E-state index in [1.54, 1.807) is 45.0 Å². The van der Waals surface area contributed by atoms with Gasteiger partial charge in [0.05, 0.1) is 37.1 Å². The Hall–Kier alpha value is -3.04. The highest BCUT2D eigenvalue weighted by atomic mass is 35.5. The smallest absolute Gasteiger partial charge is 0.258 e. The number of carbonyl (C=O) groups is 2. The number of anilines is 1. The van der Waals surface area contributed by atoms with Gasteiger partial charge in [-0.25, -0.2) is 0 Å². The number of carbonyl (C=O) groups excluding carboxylic acids is 2. The second-order valence-corrected chi connectivity index (χ2v) is 7.71. The molecule has 0 fully saturated rings. The van der Waals surface area contributed by atoms with Crippen LogP contribution in [0.1, 0.15) is 34.6 Å². The minimum absolute atomic E-state index is 0.207. The lowest BCUT2D eigenvalue weighted by molar-refractivity contribution is -0.126. The molecule has 0 heterocycles. The molecule has 0 aromatic heterocycles. The zero-order valence-corrected chi connectivity index (χ0v) is 21.8. The summed E-state index contributed by atoms with van der Waals surface area (Å²) < 4.78 is 22.3. The van der Waals surface area contributed by atoms with E-state index in [0.29, 0.717) is 42.9 Å². The fourth-order valence-electron chi connectivity index (χ4n) is 3.00. The van der Waals surface area contributed by atoms with Gasteiger partial charge in [0.1, 0.15) is 16.5 Å². The number of hydrogen-bond acceptors (Lipinski definition) is 8. The van der Waals surface area contributed by atoms with Gasteiger partial charge in [-0.1, -0.05) is 23.2 Å². The molecule has 1 unspecified atom stereocenters. The fraction of sp³-hybridized carbons (Fsp3) is 0.417. The van der Waals surface area contributed by atoms with E-state index in [9.17, 15) is 9.59 Å². The number of benzene rings is 2. The van der Waals surface area contributed by atoms with E-state index in [2.05, 4.69) is 15.5 Å². The minimum atomic E-state index is -1.43. The van der Waals surface area contributed by atoms with Crippen LogP contribution in [0.15, 0.2) is 34.5 Å². The fourth-order valence-corrected chi connectivity index (χ4v) is 3.48. The number of ether oxygens (including phenoxy) is 4. The molecule has 0 saturated heterocycles. The number of rotatable bonds is 13. The molecule has 0 aliphatic heterocycles. The number of amides is 1. The summed E-state index contributed by atoms with van der Waals surface area (Å²) in [6.07, 6.45) is 0. The van der Waals surface area contributed by atoms with E-state index >= 15 is 0 Å². The first-order valence-corrected chi connectivity index (χ1v) is 11.9. The molecular weight excluding hydrogens is 497 g/mol. The Morgan fingerprint density at radius 3 is 2.06 bits per heavy atom. The van der Waals surface area contributed by atoms with Crippen molar-refractivity contribution in [2.75, 3.05) is 31.7 Å². The molecule has 11 heteroatoms. The molecular formula is C24H29Cl2N3O6. The number of halogens is 2. The predicted molar refractivity (Wildman–Crippen MR) is 135 cm³/mol. The van der Waals surface area contributed by atoms with Crippen molar-refractivity contribution in [3.05, 3.63) is 34.3 Å². The zero-order chi connectivity index (χ0) is 26.0. The molecule has 1 atom stereocenters. The second kappa shape index (κ2) is 13.7. The van der Waals surface area contributed by atoms with Gasteiger partial charge in [-0.15, -0.1) is 0 Å². The number of nitrogens with one attached hydrogen (secondary N) is 1. The Bertz CT molecular complexity index is 1080. The lowest BCUT2D eigenvalue weighted by atomic mass is 10.2. The topological polar surface area (TPSA) is 108 Å². The summed E-state index contributed by atoms with van der Waals surface area (Å²) in [5, 5.41) is 11.3. The lowest BCUT2D eigenvalue weighted by Crippen LogP contribution is -2.32. The van der Waals surface area contributed by atoms with Gasteiger partial charge in [0, 0.05) is 0 Å². The Morgan fingerprint density at radius 2 is 1.46 bits per heavy atom. The third-order valence-electron chi connectivity index (χ3n) is 4.44. The quantitative estimate of drug-likeness (QED) is 0.244. The maximum absolute atomic E-state index is 13.0. The normalized spacial score (nSPS) is 11.7. The summed E-state index contributed by atoms with van der Waals surface area (Å²) >= 11 is 12.6. The van der Waals surface area contributed by atoms with Crippen LogP contribution in [0, 0.1) is 0 Å². The van der Waals surface area contributed by atoms with Gasteiger partial charge >= 0.3 is 0 Å². The van der Waals surface area contributed by atoms with Crippen molar-refractivity contribution in [1.82, 2.24) is 0 Å². The molecule has 2 rings (SSSR count). The van der Waals surface area contributed by atoms with Gasteiger partial charge < -0.3 is 24.3 Å². The number of hydrogen-bond donors (Lipinski definition) is 1. The van der Waals surface area contributed by atoms with Gasteiger partial charge in [-0.3, -0.25) is 9.59 Å². The molecule has 35 heavy (non-hydrogen) atoms. The first-order valence-electron chi connectivity index (χ1n) is 11.2. The number of ketones is 1. The van der Waals surface area contributed by atoms with Gasteiger partial charge in [-0.05, 0) is 58.9 Å². The van der Waals surface area contributed by atoms with Gasteiger partial charge in [0.15, 0.2) is 23.0 Å². The highest BCUT2D eigenvalue weighted by molar-refractivity contribution is 6.34. The van der Waals surface area contributed by atoms with Crippen molar-refractivity contribution in [2.24, 2.45) is 10.2 Å². The monoisotopic (exact) mass is 525 g/mol. The third-order valence-corrected chi connectivity index (χ3v) is 5.10. The van der Waals surface area contributed by atoms with E-state index in [1.165, 1.54) is 6.92 Å². The van der Waals surface area contributed by atoms with Crippen molar-refractivity contribution in [3.8, 4) is 23.0 Å². The summed E-state index contributed by atoms with van der Waals surface area (Å²) in [7, 11) is 0. The molecule has 0 aliphatic rings. The number of nitrogens with zero attached hydrogens (tertiary/aromatic N) is 2. The third kappa shape index (κ3) is 7.22. The molecule has 9 nitrogen and oxygen atoms in total. The molecule has 190 valence electrons. The van der Waals surface area contributed by atoms with Crippen LogP contribution in [0.3, 0.4) is 0 Å². The molecule has 2 aromatic rings. The highest BCUT2D eigenvalue weighted by Crippen LogP contribution is 2.43. The van der Waals surface area contributed by atoms with Crippen LogP contribution in [0.25, 0.3) is 0 Å². The van der Waals surface area contributed by atoms with Crippen molar-refractivity contribution in [1.29, 1.82) is 0 Å². The van der Waals surface area contributed by atoms with E-state index < -0.39 is 17.7 Å². The lowest BCUT2D eigenvalue weighted by Gasteiger charge is -2.17. The van der Waals surface area contributed by atoms with E-state index in [1.807, 2.05) is 6.92 Å². The van der Waals surface area contributed by atoms with Crippen LogP contribution < -0.4 is 24.3 Å². The molecule has 0 bridgehead atoms. The van der Waals surface area contributed by atoms with Crippen LogP contribution in [0.5, 0.6) is 23.0 Å². The molecule has 0 saturated carbocycles. The Labute approximate surface area is 214 Å². The highest BCUT2D eigenvalue weighted by Gasteiger charge is 2.26. The Balaban J connectivity index is 2.38. The van der Waals surface area contributed by atoms with Crippen molar-refractivity contribution in [2.45, 2.75) is 40.7 Å². The average Bonchev–Trinajstić information content (AvgIpc) is 2.81. The van der Waals surface area contributed by atoms with Crippen LogP contribution in [0.4, 0.5) is 11.4 Å². The van der Waals surface area contributed by atoms with E-state index in [-0.39, 0.29) is 27.9 Å². The maximum Gasteiger partial charge on any atom is 0.258 e. The van der Waals surface area contributed by atoms with Gasteiger partial charge in [-0.2, -0.15) is 10.2 Å². The largest absolute Gasteiger partial charge is 0.492 e. The Morgan fingerprint density at radius 1 is 0.857 bits per heavy atom. The number of azo groups is 1. The predicted octanol–water partition coefficient (Wildman–Crippen LogP) is 6.27. The van der Waals surface area contributed by atoms with E-state index in [4.69, 9.17) is 42.1 Å².